The molecule has 0 saturated carbocycles. The minimum Gasteiger partial charge on any atom is -0.491 e. The molecule has 0 fully saturated rings. The van der Waals surface area contributed by atoms with Crippen molar-refractivity contribution in [3.05, 3.63) is 71.6 Å². The summed E-state index contributed by atoms with van der Waals surface area (Å²) in [6.07, 6.45) is 0.212. The molecule has 2 aromatic carbocycles. The average molecular weight is 478 g/mol. The molecule has 0 radical (unpaired) electrons. The molecule has 9 heteroatoms. The Kier molecular flexibility index (Phi) is 8.82. The van der Waals surface area contributed by atoms with Crippen LogP contribution < -0.4 is 20.4 Å². The molecule has 5 N–H and O–H groups in total. The molecule has 0 saturated heterocycles. The second-order valence-electron chi connectivity index (χ2n) is 8.42. The molecule has 2 aromatic rings. The van der Waals surface area contributed by atoms with Crippen molar-refractivity contribution in [2.24, 2.45) is 0 Å². The third-order valence-electron chi connectivity index (χ3n) is 5.56. The van der Waals surface area contributed by atoms with Crippen molar-refractivity contribution >= 4 is 11.6 Å². The predicted octanol–water partition coefficient (Wildman–Crippen LogP) is 1.89. The Bertz CT molecular complexity index is 905. The van der Waals surface area contributed by atoms with Crippen LogP contribution >= 0.6 is 11.6 Å². The first-order valence-corrected chi connectivity index (χ1v) is 11.3. The number of hydrogen-bond acceptors (Lipinski definition) is 8. The molecule has 2 atom stereocenters. The zero-order valence-corrected chi connectivity index (χ0v) is 19.6. The molecule has 0 aromatic heterocycles. The highest BCUT2D eigenvalue weighted by Crippen LogP contribution is 2.33. The summed E-state index contributed by atoms with van der Waals surface area (Å²) in [6, 6.07) is 15.6. The lowest BCUT2D eigenvalue weighted by Crippen LogP contribution is -2.44. The third-order valence-corrected chi connectivity index (χ3v) is 5.91. The molecule has 1 aliphatic rings. The van der Waals surface area contributed by atoms with Gasteiger partial charge in [-0.2, -0.15) is 0 Å². The molecule has 180 valence electrons. The van der Waals surface area contributed by atoms with Crippen LogP contribution in [0.3, 0.4) is 0 Å². The van der Waals surface area contributed by atoms with Crippen molar-refractivity contribution < 1.29 is 24.8 Å². The van der Waals surface area contributed by atoms with Gasteiger partial charge in [-0.1, -0.05) is 38.1 Å². The number of β-amino-alcohol motifs (C(OH)–C–C–N with tert-alkyl or cyclic N) is 1. The molecule has 1 heterocycles. The van der Waals surface area contributed by atoms with Gasteiger partial charge in [0.1, 0.15) is 36.9 Å². The minimum atomic E-state index is -0.741. The SMILES string of the molecule is CC(C)(c1ccc(OCC(O)CCl)cc1)c1ccc(OCC(O)CN2NNC=C2CO)cc1. The zero-order valence-electron chi connectivity index (χ0n) is 18.9. The Balaban J connectivity index is 1.54. The first-order valence-electron chi connectivity index (χ1n) is 10.8. The van der Waals surface area contributed by atoms with Crippen LogP contribution in [0, 0.1) is 0 Å². The normalized spacial score (nSPS) is 15.6. The van der Waals surface area contributed by atoms with Gasteiger partial charge in [-0.05, 0) is 35.4 Å². The monoisotopic (exact) mass is 477 g/mol. The minimum absolute atomic E-state index is 0.125. The number of aliphatic hydroxyl groups is 3. The summed E-state index contributed by atoms with van der Waals surface area (Å²) in [5.74, 6) is 1.49. The van der Waals surface area contributed by atoms with Crippen molar-refractivity contribution in [1.29, 1.82) is 0 Å². The number of alkyl halides is 1. The van der Waals surface area contributed by atoms with Crippen LogP contribution in [0.15, 0.2) is 60.4 Å². The number of ether oxygens (including phenoxy) is 2. The van der Waals surface area contributed by atoms with Crippen LogP contribution in [-0.2, 0) is 5.41 Å². The van der Waals surface area contributed by atoms with Crippen LogP contribution in [0.25, 0.3) is 0 Å². The number of rotatable bonds is 12. The van der Waals surface area contributed by atoms with Gasteiger partial charge in [0.25, 0.3) is 0 Å². The summed E-state index contributed by atoms with van der Waals surface area (Å²) in [4.78, 5) is 0. The van der Waals surface area contributed by atoms with E-state index in [4.69, 9.17) is 21.1 Å². The Hall–Kier alpha value is -2.49. The number of halogens is 1. The van der Waals surface area contributed by atoms with Crippen LogP contribution in [-0.4, -0.2) is 64.8 Å². The second-order valence-corrected chi connectivity index (χ2v) is 8.73. The number of benzene rings is 2. The molecular weight excluding hydrogens is 446 g/mol. The van der Waals surface area contributed by atoms with Gasteiger partial charge in [0.2, 0.25) is 0 Å². The van der Waals surface area contributed by atoms with Gasteiger partial charge < -0.3 is 30.2 Å². The Morgan fingerprint density at radius 3 is 1.91 bits per heavy atom. The van der Waals surface area contributed by atoms with Crippen LogP contribution in [0.1, 0.15) is 25.0 Å². The summed E-state index contributed by atoms with van der Waals surface area (Å²) in [5, 5.41) is 30.7. The summed E-state index contributed by atoms with van der Waals surface area (Å²) >= 11 is 5.59. The van der Waals surface area contributed by atoms with Gasteiger partial charge in [0.05, 0.1) is 24.7 Å². The van der Waals surface area contributed by atoms with E-state index in [1.165, 1.54) is 0 Å². The molecule has 1 aliphatic heterocycles. The van der Waals surface area contributed by atoms with E-state index in [1.807, 2.05) is 48.5 Å². The first-order chi connectivity index (χ1) is 15.8. The van der Waals surface area contributed by atoms with Crippen molar-refractivity contribution in [2.75, 3.05) is 32.2 Å². The van der Waals surface area contributed by atoms with Gasteiger partial charge in [-0.15, -0.1) is 17.1 Å². The topological polar surface area (TPSA) is 106 Å². The lowest BCUT2D eigenvalue weighted by molar-refractivity contribution is 0.0600. The third kappa shape index (κ3) is 6.75. The first kappa shape index (κ1) is 25.1. The van der Waals surface area contributed by atoms with E-state index in [9.17, 15) is 15.3 Å². The zero-order chi connectivity index (χ0) is 23.8. The van der Waals surface area contributed by atoms with E-state index in [0.29, 0.717) is 17.2 Å². The van der Waals surface area contributed by atoms with Gasteiger partial charge in [0.15, 0.2) is 0 Å². The summed E-state index contributed by atoms with van der Waals surface area (Å²) in [6.45, 7) is 4.71. The maximum absolute atomic E-state index is 10.2. The molecule has 8 nitrogen and oxygen atoms in total. The van der Waals surface area contributed by atoms with E-state index in [1.54, 1.807) is 11.2 Å². The van der Waals surface area contributed by atoms with Crippen LogP contribution in [0.4, 0.5) is 0 Å². The Morgan fingerprint density at radius 2 is 1.42 bits per heavy atom. The Morgan fingerprint density at radius 1 is 0.909 bits per heavy atom. The fraction of sp³-hybridized carbons (Fsp3) is 0.417. The van der Waals surface area contributed by atoms with Crippen molar-refractivity contribution in [3.63, 3.8) is 0 Å². The molecule has 3 rings (SSSR count). The predicted molar refractivity (Wildman–Crippen MR) is 127 cm³/mol. The van der Waals surface area contributed by atoms with E-state index in [-0.39, 0.29) is 37.7 Å². The van der Waals surface area contributed by atoms with Gasteiger partial charge in [-0.3, -0.25) is 5.01 Å². The maximum atomic E-state index is 10.2. The molecular formula is C24H32ClN3O5. The number of hydrogen-bond donors (Lipinski definition) is 5. The number of aliphatic hydroxyl groups excluding tert-OH is 3. The number of nitrogens with zero attached hydrogens (tertiary/aromatic N) is 1. The smallest absolute Gasteiger partial charge is 0.119 e. The van der Waals surface area contributed by atoms with E-state index in [2.05, 4.69) is 24.8 Å². The highest BCUT2D eigenvalue weighted by molar-refractivity contribution is 6.18. The largest absolute Gasteiger partial charge is 0.491 e. The number of nitrogens with one attached hydrogen (secondary N) is 2. The van der Waals surface area contributed by atoms with Crippen LogP contribution in [0.5, 0.6) is 11.5 Å². The van der Waals surface area contributed by atoms with Crippen molar-refractivity contribution in [1.82, 2.24) is 16.0 Å². The van der Waals surface area contributed by atoms with Crippen LogP contribution in [0.2, 0.25) is 0 Å². The fourth-order valence-corrected chi connectivity index (χ4v) is 3.52. The van der Waals surface area contributed by atoms with E-state index < -0.39 is 12.2 Å². The van der Waals surface area contributed by atoms with Gasteiger partial charge >= 0.3 is 0 Å². The summed E-state index contributed by atoms with van der Waals surface area (Å²) < 4.78 is 11.3. The molecule has 0 amide bonds. The van der Waals surface area contributed by atoms with E-state index in [0.717, 1.165) is 11.1 Å². The number of hydrazine groups is 2. The van der Waals surface area contributed by atoms with Gasteiger partial charge in [-0.25, -0.2) is 0 Å². The summed E-state index contributed by atoms with van der Waals surface area (Å²) in [5.41, 5.74) is 8.26. The van der Waals surface area contributed by atoms with Crippen molar-refractivity contribution in [2.45, 2.75) is 31.5 Å². The maximum Gasteiger partial charge on any atom is 0.119 e. The fourth-order valence-electron chi connectivity index (χ4n) is 3.43. The van der Waals surface area contributed by atoms with Crippen molar-refractivity contribution in [3.8, 4) is 11.5 Å². The summed E-state index contributed by atoms with van der Waals surface area (Å²) in [7, 11) is 0. The lowest BCUT2D eigenvalue weighted by Gasteiger charge is -2.27. The quantitative estimate of drug-likeness (QED) is 0.295. The van der Waals surface area contributed by atoms with E-state index >= 15 is 0 Å². The van der Waals surface area contributed by atoms with Gasteiger partial charge in [0, 0.05) is 11.6 Å². The molecule has 0 bridgehead atoms. The lowest BCUT2D eigenvalue weighted by atomic mass is 9.78. The average Bonchev–Trinajstić information content (AvgIpc) is 3.28. The second kappa shape index (κ2) is 11.6. The molecule has 0 spiro atoms. The Labute approximate surface area is 199 Å². The highest BCUT2D eigenvalue weighted by Gasteiger charge is 2.23. The molecule has 0 aliphatic carbocycles. The molecule has 2 unspecified atom stereocenters. The molecule has 33 heavy (non-hydrogen) atoms. The standard InChI is InChI=1S/C24H32ClN3O5/c1-24(2,17-3-7-22(8-4-17)32-15-20(30)11-25)18-5-9-23(10-6-18)33-16-21(31)13-28-19(14-29)12-26-27-28/h3-10,12,20-21,26-27,29-31H,11,13-16H2,1-2H3. The highest BCUT2D eigenvalue weighted by atomic mass is 35.5.